The standard InChI is InChI=1S/C14H14.C4H4S/c1-11-7-3-5-9-13(11)14-10-6-4-8-12(14)2;1-2-4-5-3-1/h3-10H,1-2H3;1-4H. The molecule has 0 atom stereocenters. The smallest absolute Gasteiger partial charge is 0.00934 e. The molecular formula is C18H18S. The Hall–Kier alpha value is -1.86. The number of hydrogen-bond acceptors (Lipinski definition) is 1. The predicted molar refractivity (Wildman–Crippen MR) is 85.7 cm³/mol. The van der Waals surface area contributed by atoms with Crippen molar-refractivity contribution >= 4 is 11.3 Å². The summed E-state index contributed by atoms with van der Waals surface area (Å²) in [5.74, 6) is 0. The van der Waals surface area contributed by atoms with Gasteiger partial charge in [0.2, 0.25) is 0 Å². The lowest BCUT2D eigenvalue weighted by atomic mass is 9.97. The lowest BCUT2D eigenvalue weighted by molar-refractivity contribution is 1.41. The van der Waals surface area contributed by atoms with E-state index in [2.05, 4.69) is 62.4 Å². The Labute approximate surface area is 119 Å². The molecule has 0 radical (unpaired) electrons. The first-order chi connectivity index (χ1) is 9.29. The molecule has 0 saturated carbocycles. The number of benzene rings is 2. The van der Waals surface area contributed by atoms with Crippen LogP contribution >= 0.6 is 11.3 Å². The Balaban J connectivity index is 0.000000224. The van der Waals surface area contributed by atoms with Crippen LogP contribution in [-0.2, 0) is 0 Å². The van der Waals surface area contributed by atoms with Gasteiger partial charge in [-0.3, -0.25) is 0 Å². The predicted octanol–water partition coefficient (Wildman–Crippen LogP) is 5.72. The molecule has 0 aliphatic carbocycles. The molecule has 1 heteroatoms. The van der Waals surface area contributed by atoms with Crippen molar-refractivity contribution in [2.75, 3.05) is 0 Å². The molecule has 0 unspecified atom stereocenters. The van der Waals surface area contributed by atoms with Crippen LogP contribution in [0, 0.1) is 13.8 Å². The third-order valence-corrected chi connectivity index (χ3v) is 3.63. The van der Waals surface area contributed by atoms with Crippen LogP contribution in [0.2, 0.25) is 0 Å². The van der Waals surface area contributed by atoms with Gasteiger partial charge in [0, 0.05) is 0 Å². The van der Waals surface area contributed by atoms with Gasteiger partial charge in [0.25, 0.3) is 0 Å². The first-order valence-corrected chi connectivity index (χ1v) is 7.32. The second-order valence-electron chi connectivity index (χ2n) is 4.42. The minimum absolute atomic E-state index is 1.34. The fourth-order valence-corrected chi connectivity index (χ4v) is 2.43. The summed E-state index contributed by atoms with van der Waals surface area (Å²) in [4.78, 5) is 0. The average molecular weight is 266 g/mol. The molecule has 0 bridgehead atoms. The third kappa shape index (κ3) is 3.80. The Bertz CT molecular complexity index is 548. The van der Waals surface area contributed by atoms with Crippen molar-refractivity contribution < 1.29 is 0 Å². The summed E-state index contributed by atoms with van der Waals surface area (Å²) in [6.07, 6.45) is 0. The normalized spacial score (nSPS) is 9.58. The van der Waals surface area contributed by atoms with Crippen LogP contribution in [0.4, 0.5) is 0 Å². The maximum absolute atomic E-state index is 2.18. The maximum atomic E-state index is 2.18. The second-order valence-corrected chi connectivity index (χ2v) is 5.24. The zero-order valence-electron chi connectivity index (χ0n) is 11.3. The van der Waals surface area contributed by atoms with Crippen LogP contribution in [0.15, 0.2) is 71.4 Å². The van der Waals surface area contributed by atoms with E-state index in [4.69, 9.17) is 0 Å². The highest BCUT2D eigenvalue weighted by atomic mass is 32.1. The summed E-state index contributed by atoms with van der Waals surface area (Å²) in [7, 11) is 0. The van der Waals surface area contributed by atoms with Crippen molar-refractivity contribution in [3.05, 3.63) is 82.6 Å². The Morgan fingerprint density at radius 2 is 1.00 bits per heavy atom. The Kier molecular flexibility index (Phi) is 4.93. The quantitative estimate of drug-likeness (QED) is 0.528. The summed E-state index contributed by atoms with van der Waals surface area (Å²) in [5, 5.41) is 4.08. The molecule has 19 heavy (non-hydrogen) atoms. The van der Waals surface area contributed by atoms with Gasteiger partial charge in [-0.15, -0.1) is 0 Å². The van der Waals surface area contributed by atoms with Crippen LogP contribution in [0.1, 0.15) is 11.1 Å². The first-order valence-electron chi connectivity index (χ1n) is 6.38. The summed E-state index contributed by atoms with van der Waals surface area (Å²) in [6.45, 7) is 4.31. The number of hydrogen-bond donors (Lipinski definition) is 0. The topological polar surface area (TPSA) is 0 Å². The zero-order valence-corrected chi connectivity index (χ0v) is 12.2. The fourth-order valence-electron chi connectivity index (χ4n) is 1.98. The van der Waals surface area contributed by atoms with Gasteiger partial charge < -0.3 is 0 Å². The van der Waals surface area contributed by atoms with Crippen molar-refractivity contribution in [2.45, 2.75) is 13.8 Å². The molecule has 0 fully saturated rings. The molecule has 0 spiro atoms. The lowest BCUT2D eigenvalue weighted by Crippen LogP contribution is -1.85. The largest absolute Gasteiger partial charge is 0.152 e. The van der Waals surface area contributed by atoms with Crippen molar-refractivity contribution in [3.8, 4) is 11.1 Å². The van der Waals surface area contributed by atoms with Crippen LogP contribution in [0.3, 0.4) is 0 Å². The molecule has 0 aliphatic rings. The van der Waals surface area contributed by atoms with Crippen LogP contribution in [-0.4, -0.2) is 0 Å². The Morgan fingerprint density at radius 1 is 0.579 bits per heavy atom. The van der Waals surface area contributed by atoms with E-state index in [0.717, 1.165) is 0 Å². The van der Waals surface area contributed by atoms with Crippen molar-refractivity contribution in [2.24, 2.45) is 0 Å². The van der Waals surface area contributed by atoms with E-state index >= 15 is 0 Å². The van der Waals surface area contributed by atoms with E-state index in [1.807, 2.05) is 22.9 Å². The molecule has 3 aromatic rings. The van der Waals surface area contributed by atoms with Crippen molar-refractivity contribution in [3.63, 3.8) is 0 Å². The Morgan fingerprint density at radius 3 is 1.32 bits per heavy atom. The summed E-state index contributed by atoms with van der Waals surface area (Å²) >= 11 is 1.71. The second kappa shape index (κ2) is 6.91. The van der Waals surface area contributed by atoms with E-state index in [9.17, 15) is 0 Å². The molecule has 0 aliphatic heterocycles. The molecule has 96 valence electrons. The van der Waals surface area contributed by atoms with E-state index in [1.165, 1.54) is 22.3 Å². The summed E-state index contributed by atoms with van der Waals surface area (Å²) in [6, 6.07) is 21.0. The minimum atomic E-state index is 1.34. The molecule has 2 aromatic carbocycles. The lowest BCUT2D eigenvalue weighted by Gasteiger charge is -2.08. The summed E-state index contributed by atoms with van der Waals surface area (Å²) < 4.78 is 0. The minimum Gasteiger partial charge on any atom is -0.152 e. The SMILES string of the molecule is Cc1ccccc1-c1ccccc1C.c1ccsc1. The van der Waals surface area contributed by atoms with Gasteiger partial charge in [0.1, 0.15) is 0 Å². The molecule has 0 amide bonds. The molecule has 0 saturated heterocycles. The first kappa shape index (κ1) is 13.6. The number of rotatable bonds is 1. The highest BCUT2D eigenvalue weighted by Gasteiger charge is 2.02. The van der Waals surface area contributed by atoms with Gasteiger partial charge >= 0.3 is 0 Å². The van der Waals surface area contributed by atoms with Gasteiger partial charge in [0.15, 0.2) is 0 Å². The third-order valence-electron chi connectivity index (χ3n) is 3.01. The monoisotopic (exact) mass is 266 g/mol. The highest BCUT2D eigenvalue weighted by molar-refractivity contribution is 7.07. The van der Waals surface area contributed by atoms with E-state index in [-0.39, 0.29) is 0 Å². The van der Waals surface area contributed by atoms with Crippen LogP contribution in [0.5, 0.6) is 0 Å². The molecular weight excluding hydrogens is 248 g/mol. The van der Waals surface area contributed by atoms with Gasteiger partial charge in [-0.2, -0.15) is 11.3 Å². The molecule has 0 N–H and O–H groups in total. The fraction of sp³-hybridized carbons (Fsp3) is 0.111. The van der Waals surface area contributed by atoms with Crippen molar-refractivity contribution in [1.29, 1.82) is 0 Å². The van der Waals surface area contributed by atoms with Crippen LogP contribution in [0.25, 0.3) is 11.1 Å². The number of thiophene rings is 1. The van der Waals surface area contributed by atoms with E-state index < -0.39 is 0 Å². The average Bonchev–Trinajstić information content (AvgIpc) is 3.00. The molecule has 0 nitrogen and oxygen atoms in total. The van der Waals surface area contributed by atoms with Gasteiger partial charge in [-0.25, -0.2) is 0 Å². The van der Waals surface area contributed by atoms with Crippen molar-refractivity contribution in [1.82, 2.24) is 0 Å². The molecule has 1 aromatic heterocycles. The van der Waals surface area contributed by atoms with Gasteiger partial charge in [-0.05, 0) is 46.9 Å². The van der Waals surface area contributed by atoms with E-state index in [1.54, 1.807) is 11.3 Å². The van der Waals surface area contributed by atoms with Gasteiger partial charge in [-0.1, -0.05) is 60.7 Å². The van der Waals surface area contributed by atoms with Crippen LogP contribution < -0.4 is 0 Å². The zero-order chi connectivity index (χ0) is 13.5. The molecule has 3 rings (SSSR count). The van der Waals surface area contributed by atoms with E-state index in [0.29, 0.717) is 0 Å². The molecule has 1 heterocycles. The maximum Gasteiger partial charge on any atom is -0.00934 e. The van der Waals surface area contributed by atoms with Gasteiger partial charge in [0.05, 0.1) is 0 Å². The summed E-state index contributed by atoms with van der Waals surface area (Å²) in [5.41, 5.74) is 5.35. The highest BCUT2D eigenvalue weighted by Crippen LogP contribution is 2.25. The number of aryl methyl sites for hydroxylation is 2.